The number of carbonyl (C=O) groups excluding carboxylic acids is 1. The van der Waals surface area contributed by atoms with Crippen molar-refractivity contribution < 1.29 is 4.79 Å². The van der Waals surface area contributed by atoms with E-state index in [0.717, 1.165) is 30.5 Å². The van der Waals surface area contributed by atoms with Crippen molar-refractivity contribution >= 4 is 23.1 Å². The summed E-state index contributed by atoms with van der Waals surface area (Å²) < 4.78 is 0. The predicted molar refractivity (Wildman–Crippen MR) is 121 cm³/mol. The molecule has 0 spiro atoms. The molecule has 0 aliphatic rings. The molecular formula is C24H25N5O. The fourth-order valence-electron chi connectivity index (χ4n) is 3.08. The first-order chi connectivity index (χ1) is 14.7. The Kier molecular flexibility index (Phi) is 7.39. The molecule has 6 nitrogen and oxygen atoms in total. The smallest absolute Gasteiger partial charge is 0.252 e. The van der Waals surface area contributed by atoms with Crippen LogP contribution < -0.4 is 16.4 Å². The minimum atomic E-state index is -0.521. The second kappa shape index (κ2) is 10.6. The summed E-state index contributed by atoms with van der Waals surface area (Å²) in [6.07, 6.45) is 4.40. The Balaban J connectivity index is 1.67. The van der Waals surface area contributed by atoms with Crippen LogP contribution in [0.15, 0.2) is 66.9 Å². The third kappa shape index (κ3) is 6.08. The first kappa shape index (κ1) is 20.9. The van der Waals surface area contributed by atoms with Gasteiger partial charge in [-0.25, -0.2) is 11.6 Å². The number of carbonyl (C=O) groups is 1. The lowest BCUT2D eigenvalue weighted by molar-refractivity contribution is 0.100. The van der Waals surface area contributed by atoms with E-state index in [1.54, 1.807) is 6.07 Å². The molecule has 6 heteroatoms. The van der Waals surface area contributed by atoms with Gasteiger partial charge in [0.05, 0.1) is 11.3 Å². The summed E-state index contributed by atoms with van der Waals surface area (Å²) in [5.41, 5.74) is 9.75. The molecule has 0 atom stereocenters. The zero-order valence-electron chi connectivity index (χ0n) is 16.8. The van der Waals surface area contributed by atoms with Gasteiger partial charge in [0.15, 0.2) is 0 Å². The van der Waals surface area contributed by atoms with Crippen molar-refractivity contribution in [1.29, 1.82) is 0 Å². The van der Waals surface area contributed by atoms with Gasteiger partial charge in [-0.1, -0.05) is 42.5 Å². The molecule has 0 unspecified atom stereocenters. The number of anilines is 3. The summed E-state index contributed by atoms with van der Waals surface area (Å²) in [4.78, 5) is 19.5. The van der Waals surface area contributed by atoms with Gasteiger partial charge in [-0.3, -0.25) is 4.79 Å². The molecule has 3 rings (SSSR count). The zero-order chi connectivity index (χ0) is 21.2. The average molecular weight is 399 g/mol. The number of amides is 1. The number of aromatic nitrogens is 1. The Bertz CT molecular complexity index is 1010. The van der Waals surface area contributed by atoms with Crippen LogP contribution in [0.5, 0.6) is 0 Å². The molecule has 0 saturated heterocycles. The molecule has 0 saturated carbocycles. The van der Waals surface area contributed by atoms with Crippen LogP contribution >= 0.6 is 0 Å². The Morgan fingerprint density at radius 3 is 2.50 bits per heavy atom. The molecule has 0 bridgehead atoms. The van der Waals surface area contributed by atoms with Crippen LogP contribution in [0.2, 0.25) is 0 Å². The number of unbranched alkanes of at least 4 members (excludes halogenated alkanes) is 1. The van der Waals surface area contributed by atoms with E-state index < -0.39 is 5.91 Å². The van der Waals surface area contributed by atoms with Gasteiger partial charge in [0.1, 0.15) is 5.82 Å². The quantitative estimate of drug-likeness (QED) is 0.338. The fourth-order valence-corrected chi connectivity index (χ4v) is 3.08. The molecule has 1 aromatic heterocycles. The summed E-state index contributed by atoms with van der Waals surface area (Å²) in [5, 5.41) is 6.55. The Morgan fingerprint density at radius 1 is 1.03 bits per heavy atom. The molecule has 30 heavy (non-hydrogen) atoms. The van der Waals surface area contributed by atoms with Gasteiger partial charge in [0, 0.05) is 30.9 Å². The van der Waals surface area contributed by atoms with E-state index in [-0.39, 0.29) is 0 Å². The van der Waals surface area contributed by atoms with E-state index in [2.05, 4.69) is 32.6 Å². The van der Waals surface area contributed by atoms with Crippen LogP contribution in [0.25, 0.3) is 4.85 Å². The Morgan fingerprint density at radius 2 is 1.80 bits per heavy atom. The van der Waals surface area contributed by atoms with Crippen LogP contribution in [0.1, 0.15) is 34.3 Å². The van der Waals surface area contributed by atoms with E-state index in [4.69, 9.17) is 12.3 Å². The van der Waals surface area contributed by atoms with Gasteiger partial charge >= 0.3 is 0 Å². The highest BCUT2D eigenvalue weighted by molar-refractivity contribution is 5.98. The number of hydrogen-bond acceptors (Lipinski definition) is 4. The number of hydrogen-bond donors (Lipinski definition) is 3. The lowest BCUT2D eigenvalue weighted by Crippen LogP contribution is -2.15. The second-order valence-electron chi connectivity index (χ2n) is 6.98. The largest absolute Gasteiger partial charge is 0.380 e. The molecule has 2 aromatic carbocycles. The molecular weight excluding hydrogens is 374 g/mol. The fraction of sp³-hybridized carbons (Fsp3) is 0.208. The number of primary amides is 1. The summed E-state index contributed by atoms with van der Waals surface area (Å²) in [6.45, 7) is 7.99. The summed E-state index contributed by atoms with van der Waals surface area (Å²) in [5.74, 6) is 0.104. The highest BCUT2D eigenvalue weighted by Gasteiger charge is 2.10. The van der Waals surface area contributed by atoms with Crippen LogP contribution in [-0.2, 0) is 13.0 Å². The molecule has 4 N–H and O–H groups in total. The number of benzene rings is 2. The van der Waals surface area contributed by atoms with Crippen molar-refractivity contribution in [2.24, 2.45) is 5.73 Å². The topological polar surface area (TPSA) is 84.4 Å². The lowest BCUT2D eigenvalue weighted by Gasteiger charge is -2.13. The zero-order valence-corrected chi connectivity index (χ0v) is 16.8. The lowest BCUT2D eigenvalue weighted by atomic mass is 10.1. The molecule has 0 aliphatic carbocycles. The number of nitrogens with zero attached hydrogens (tertiary/aromatic N) is 2. The minimum Gasteiger partial charge on any atom is -0.380 e. The van der Waals surface area contributed by atoms with Gasteiger partial charge in [0.2, 0.25) is 6.54 Å². The van der Waals surface area contributed by atoms with Crippen molar-refractivity contribution in [3.8, 4) is 0 Å². The number of rotatable bonds is 10. The van der Waals surface area contributed by atoms with Crippen LogP contribution in [-0.4, -0.2) is 17.4 Å². The van der Waals surface area contributed by atoms with E-state index >= 15 is 0 Å². The maximum Gasteiger partial charge on any atom is 0.252 e. The average Bonchev–Trinajstić information content (AvgIpc) is 2.77. The van der Waals surface area contributed by atoms with E-state index in [9.17, 15) is 4.79 Å². The maximum atomic E-state index is 11.8. The first-order valence-corrected chi connectivity index (χ1v) is 9.92. The highest BCUT2D eigenvalue weighted by Crippen LogP contribution is 2.22. The van der Waals surface area contributed by atoms with Gasteiger partial charge in [0.25, 0.3) is 5.91 Å². The number of nitrogens with two attached hydrogens (primary N) is 1. The first-order valence-electron chi connectivity index (χ1n) is 9.92. The summed E-state index contributed by atoms with van der Waals surface area (Å²) in [6, 6.07) is 19.9. The van der Waals surface area contributed by atoms with Gasteiger partial charge in [-0.2, -0.15) is 0 Å². The van der Waals surface area contributed by atoms with Gasteiger partial charge in [-0.15, -0.1) is 0 Å². The van der Waals surface area contributed by atoms with E-state index in [0.29, 0.717) is 30.2 Å². The second-order valence-corrected chi connectivity index (χ2v) is 6.98. The highest BCUT2D eigenvalue weighted by atomic mass is 16.1. The number of aryl methyl sites for hydroxylation is 1. The predicted octanol–water partition coefficient (Wildman–Crippen LogP) is 4.78. The maximum absolute atomic E-state index is 11.8. The molecule has 0 aliphatic heterocycles. The van der Waals surface area contributed by atoms with E-state index in [1.165, 1.54) is 11.8 Å². The molecule has 0 fully saturated rings. The Hall–Kier alpha value is -3.85. The van der Waals surface area contributed by atoms with Gasteiger partial charge in [-0.05, 0) is 36.1 Å². The van der Waals surface area contributed by atoms with E-state index in [1.807, 2.05) is 42.5 Å². The Labute approximate surface area is 177 Å². The van der Waals surface area contributed by atoms with Crippen molar-refractivity contribution in [2.45, 2.75) is 25.8 Å². The van der Waals surface area contributed by atoms with Crippen molar-refractivity contribution in [3.05, 3.63) is 95.0 Å². The monoisotopic (exact) mass is 399 g/mol. The van der Waals surface area contributed by atoms with Crippen LogP contribution in [0, 0.1) is 6.57 Å². The minimum absolute atomic E-state index is 0.353. The summed E-state index contributed by atoms with van der Waals surface area (Å²) in [7, 11) is 0. The van der Waals surface area contributed by atoms with Crippen LogP contribution in [0.3, 0.4) is 0 Å². The number of pyridine rings is 1. The standard InChI is InChI=1S/C24H25N5O/c1-26-14-6-5-7-18-10-12-20(13-11-18)29-23-15-22(21(17-28-23)24(25)30)27-16-19-8-3-2-4-9-19/h2-4,8-13,15,17H,5-7,14,16H2,(H2,25,30)(H2,27,28,29). The molecule has 3 aromatic rings. The molecule has 1 heterocycles. The molecule has 1 amide bonds. The summed E-state index contributed by atoms with van der Waals surface area (Å²) >= 11 is 0. The molecule has 152 valence electrons. The number of nitrogens with one attached hydrogen (secondary N) is 2. The molecule has 0 radical (unpaired) electrons. The van der Waals surface area contributed by atoms with Crippen molar-refractivity contribution in [1.82, 2.24) is 4.98 Å². The van der Waals surface area contributed by atoms with Crippen molar-refractivity contribution in [3.63, 3.8) is 0 Å². The van der Waals surface area contributed by atoms with Crippen LogP contribution in [0.4, 0.5) is 17.2 Å². The van der Waals surface area contributed by atoms with Gasteiger partial charge < -0.3 is 21.2 Å². The third-order valence-corrected chi connectivity index (χ3v) is 4.71. The normalized spacial score (nSPS) is 10.2. The SMILES string of the molecule is [C-]#[N+]CCCCc1ccc(Nc2cc(NCc3ccccc3)c(C(N)=O)cn2)cc1. The van der Waals surface area contributed by atoms with Crippen molar-refractivity contribution in [2.75, 3.05) is 17.2 Å². The third-order valence-electron chi connectivity index (χ3n) is 4.71.